The van der Waals surface area contributed by atoms with E-state index in [9.17, 15) is 9.59 Å². The summed E-state index contributed by atoms with van der Waals surface area (Å²) in [6.45, 7) is -0.0910. The monoisotopic (exact) mass is 240 g/mol. The molecule has 0 spiro atoms. The van der Waals surface area contributed by atoms with Gasteiger partial charge in [-0.3, -0.25) is 14.6 Å². The Bertz CT molecular complexity index is 356. The topological polar surface area (TPSA) is 68.3 Å². The van der Waals surface area contributed by atoms with Crippen molar-refractivity contribution in [2.45, 2.75) is 4.90 Å². The zero-order valence-corrected chi connectivity index (χ0v) is 9.62. The maximum Gasteiger partial charge on any atom is 0.325 e. The summed E-state index contributed by atoms with van der Waals surface area (Å²) < 4.78 is 4.39. The van der Waals surface area contributed by atoms with Crippen molar-refractivity contribution in [2.24, 2.45) is 0 Å². The molecular formula is C10H12N2O3S. The van der Waals surface area contributed by atoms with E-state index >= 15 is 0 Å². The number of ether oxygens (including phenoxy) is 1. The van der Waals surface area contributed by atoms with Crippen molar-refractivity contribution in [3.8, 4) is 0 Å². The number of rotatable bonds is 5. The molecule has 0 aliphatic rings. The molecule has 0 bridgehead atoms. The Labute approximate surface area is 97.6 Å². The van der Waals surface area contributed by atoms with Crippen molar-refractivity contribution in [1.29, 1.82) is 0 Å². The highest BCUT2D eigenvalue weighted by molar-refractivity contribution is 8.00. The fourth-order valence-corrected chi connectivity index (χ4v) is 1.59. The van der Waals surface area contributed by atoms with Crippen LogP contribution in [0, 0.1) is 0 Å². The Balaban J connectivity index is 2.23. The average Bonchev–Trinajstić information content (AvgIpc) is 2.34. The lowest BCUT2D eigenvalue weighted by Crippen LogP contribution is -2.31. The zero-order valence-electron chi connectivity index (χ0n) is 8.80. The molecular weight excluding hydrogens is 228 g/mol. The largest absolute Gasteiger partial charge is 0.468 e. The van der Waals surface area contributed by atoms with Crippen LogP contribution >= 0.6 is 11.8 Å². The minimum absolute atomic E-state index is 0.0910. The number of amides is 1. The minimum Gasteiger partial charge on any atom is -0.468 e. The molecule has 0 unspecified atom stereocenters. The summed E-state index contributed by atoms with van der Waals surface area (Å²) in [5.41, 5.74) is 0. The first-order valence-corrected chi connectivity index (χ1v) is 5.57. The summed E-state index contributed by atoms with van der Waals surface area (Å²) in [6.07, 6.45) is 3.32. The maximum absolute atomic E-state index is 11.3. The molecule has 0 aliphatic heterocycles. The number of hydrogen-bond acceptors (Lipinski definition) is 5. The summed E-state index contributed by atoms with van der Waals surface area (Å²) in [5.74, 6) is -0.393. The molecule has 0 atom stereocenters. The van der Waals surface area contributed by atoms with E-state index < -0.39 is 5.97 Å². The lowest BCUT2D eigenvalue weighted by atomic mass is 10.5. The van der Waals surface area contributed by atoms with Gasteiger partial charge >= 0.3 is 5.97 Å². The van der Waals surface area contributed by atoms with Gasteiger partial charge in [0.1, 0.15) is 6.54 Å². The number of thioether (sulfide) groups is 1. The van der Waals surface area contributed by atoms with Crippen molar-refractivity contribution in [1.82, 2.24) is 10.3 Å². The number of hydrogen-bond donors (Lipinski definition) is 1. The summed E-state index contributed by atoms with van der Waals surface area (Å²) in [6, 6.07) is 3.64. The van der Waals surface area contributed by atoms with Gasteiger partial charge in [-0.25, -0.2) is 0 Å². The van der Waals surface area contributed by atoms with Gasteiger partial charge < -0.3 is 10.1 Å². The van der Waals surface area contributed by atoms with Gasteiger partial charge in [0, 0.05) is 17.3 Å². The number of methoxy groups -OCH3 is 1. The van der Waals surface area contributed by atoms with E-state index in [1.54, 1.807) is 12.4 Å². The second-order valence-corrected chi connectivity index (χ2v) is 3.87. The summed E-state index contributed by atoms with van der Waals surface area (Å²) in [7, 11) is 1.28. The molecule has 0 saturated carbocycles. The van der Waals surface area contributed by atoms with Crippen LogP contribution in [-0.2, 0) is 14.3 Å². The van der Waals surface area contributed by atoms with E-state index in [1.807, 2.05) is 12.1 Å². The van der Waals surface area contributed by atoms with E-state index in [0.717, 1.165) is 4.90 Å². The first-order chi connectivity index (χ1) is 7.72. The van der Waals surface area contributed by atoms with Crippen LogP contribution in [0.2, 0.25) is 0 Å². The van der Waals surface area contributed by atoms with Crippen LogP contribution in [0.4, 0.5) is 0 Å². The molecule has 0 fully saturated rings. The van der Waals surface area contributed by atoms with E-state index in [1.165, 1.54) is 18.9 Å². The van der Waals surface area contributed by atoms with Crippen molar-refractivity contribution in [2.75, 3.05) is 19.4 Å². The van der Waals surface area contributed by atoms with Crippen LogP contribution in [0.3, 0.4) is 0 Å². The Hall–Kier alpha value is -1.56. The van der Waals surface area contributed by atoms with Gasteiger partial charge in [0.15, 0.2) is 0 Å². The second-order valence-electron chi connectivity index (χ2n) is 2.82. The van der Waals surface area contributed by atoms with Gasteiger partial charge in [0.25, 0.3) is 0 Å². The van der Waals surface area contributed by atoms with E-state index in [4.69, 9.17) is 0 Å². The van der Waals surface area contributed by atoms with Crippen LogP contribution in [-0.4, -0.2) is 36.3 Å². The normalized spacial score (nSPS) is 9.56. The quantitative estimate of drug-likeness (QED) is 0.598. The summed E-state index contributed by atoms with van der Waals surface area (Å²) in [5, 5.41) is 2.45. The van der Waals surface area contributed by atoms with Crippen LogP contribution in [0.5, 0.6) is 0 Å². The van der Waals surface area contributed by atoms with Crippen molar-refractivity contribution < 1.29 is 14.3 Å². The lowest BCUT2D eigenvalue weighted by Gasteiger charge is -2.03. The fourth-order valence-electron chi connectivity index (χ4n) is 0.877. The van der Waals surface area contributed by atoms with Crippen molar-refractivity contribution in [3.05, 3.63) is 24.5 Å². The molecule has 86 valence electrons. The third kappa shape index (κ3) is 4.79. The smallest absolute Gasteiger partial charge is 0.325 e. The Morgan fingerprint density at radius 2 is 2.12 bits per heavy atom. The standard InChI is InChI=1S/C10H12N2O3S/c1-15-10(14)6-12-9(13)7-16-8-2-4-11-5-3-8/h2-5H,6-7H2,1H3,(H,12,13). The van der Waals surface area contributed by atoms with E-state index in [2.05, 4.69) is 15.0 Å². The van der Waals surface area contributed by atoms with E-state index in [0.29, 0.717) is 0 Å². The highest BCUT2D eigenvalue weighted by Gasteiger charge is 2.05. The van der Waals surface area contributed by atoms with E-state index in [-0.39, 0.29) is 18.2 Å². The first kappa shape index (κ1) is 12.5. The number of pyridine rings is 1. The van der Waals surface area contributed by atoms with Gasteiger partial charge in [-0.2, -0.15) is 0 Å². The summed E-state index contributed by atoms with van der Waals surface area (Å²) in [4.78, 5) is 26.8. The molecule has 1 aromatic heterocycles. The molecule has 0 aliphatic carbocycles. The molecule has 16 heavy (non-hydrogen) atoms. The zero-order chi connectivity index (χ0) is 11.8. The van der Waals surface area contributed by atoms with Gasteiger partial charge in [-0.15, -0.1) is 11.8 Å². The lowest BCUT2D eigenvalue weighted by molar-refractivity contribution is -0.140. The fraction of sp³-hybridized carbons (Fsp3) is 0.300. The highest BCUT2D eigenvalue weighted by atomic mass is 32.2. The SMILES string of the molecule is COC(=O)CNC(=O)CSc1ccncc1. The molecule has 0 aromatic carbocycles. The number of aromatic nitrogens is 1. The van der Waals surface area contributed by atoms with Crippen molar-refractivity contribution in [3.63, 3.8) is 0 Å². The van der Waals surface area contributed by atoms with Crippen LogP contribution in [0.15, 0.2) is 29.4 Å². The van der Waals surface area contributed by atoms with Gasteiger partial charge in [-0.05, 0) is 12.1 Å². The van der Waals surface area contributed by atoms with Gasteiger partial charge in [0.05, 0.1) is 12.9 Å². The van der Waals surface area contributed by atoms with Crippen LogP contribution < -0.4 is 5.32 Å². The number of nitrogens with one attached hydrogen (secondary N) is 1. The van der Waals surface area contributed by atoms with Gasteiger partial charge in [-0.1, -0.05) is 0 Å². The molecule has 5 nitrogen and oxygen atoms in total. The molecule has 0 radical (unpaired) electrons. The predicted molar refractivity (Wildman–Crippen MR) is 60.0 cm³/mol. The second kappa shape index (κ2) is 6.84. The van der Waals surface area contributed by atoms with Crippen LogP contribution in [0.1, 0.15) is 0 Å². The highest BCUT2D eigenvalue weighted by Crippen LogP contribution is 2.15. The Morgan fingerprint density at radius 3 is 2.75 bits per heavy atom. The minimum atomic E-state index is -0.456. The number of carbonyl (C=O) groups is 2. The molecule has 1 heterocycles. The van der Waals surface area contributed by atoms with Crippen molar-refractivity contribution >= 4 is 23.6 Å². The number of carbonyl (C=O) groups excluding carboxylic acids is 2. The molecule has 1 N–H and O–H groups in total. The Kier molecular flexibility index (Phi) is 5.35. The summed E-state index contributed by atoms with van der Waals surface area (Å²) >= 11 is 1.38. The molecule has 0 saturated heterocycles. The molecule has 1 aromatic rings. The Morgan fingerprint density at radius 1 is 1.44 bits per heavy atom. The third-order valence-corrected chi connectivity index (χ3v) is 2.69. The number of esters is 1. The van der Waals surface area contributed by atoms with Gasteiger partial charge in [0.2, 0.25) is 5.91 Å². The molecule has 1 rings (SSSR count). The average molecular weight is 240 g/mol. The molecule has 1 amide bonds. The van der Waals surface area contributed by atoms with Crippen LogP contribution in [0.25, 0.3) is 0 Å². The predicted octanol–water partition coefficient (Wildman–Crippen LogP) is 0.463. The third-order valence-electron chi connectivity index (χ3n) is 1.68. The number of nitrogens with zero attached hydrogens (tertiary/aromatic N) is 1. The maximum atomic E-state index is 11.3. The molecule has 6 heteroatoms. The first-order valence-electron chi connectivity index (χ1n) is 4.58.